The van der Waals surface area contributed by atoms with E-state index in [-0.39, 0.29) is 23.3 Å². The van der Waals surface area contributed by atoms with E-state index in [0.29, 0.717) is 13.0 Å². The minimum Gasteiger partial charge on any atom is -0.489 e. The number of amides is 1. The third kappa shape index (κ3) is 3.71. The minimum atomic E-state index is -0.0453. The van der Waals surface area contributed by atoms with Crippen molar-refractivity contribution in [2.24, 2.45) is 5.92 Å². The summed E-state index contributed by atoms with van der Waals surface area (Å²) >= 11 is 3.29. The van der Waals surface area contributed by atoms with Crippen LogP contribution in [0.4, 0.5) is 0 Å². The van der Waals surface area contributed by atoms with Gasteiger partial charge in [0.05, 0.1) is 25.6 Å². The Bertz CT molecular complexity index is 987. The summed E-state index contributed by atoms with van der Waals surface area (Å²) in [7, 11) is 0. The number of fused-ring (bicyclic) bond motifs is 1. The molecule has 4 rings (SSSR count). The lowest BCUT2D eigenvalue weighted by atomic mass is 9.98. The van der Waals surface area contributed by atoms with Crippen molar-refractivity contribution < 1.29 is 9.53 Å². The molecular formula is C20H23N3O2S2. The first-order valence-electron chi connectivity index (χ1n) is 9.08. The van der Waals surface area contributed by atoms with Crippen molar-refractivity contribution in [3.63, 3.8) is 0 Å². The van der Waals surface area contributed by atoms with Gasteiger partial charge < -0.3 is 10.1 Å². The Hall–Kier alpha value is -1.99. The van der Waals surface area contributed by atoms with Crippen molar-refractivity contribution in [1.82, 2.24) is 15.3 Å². The first-order chi connectivity index (χ1) is 12.8. The van der Waals surface area contributed by atoms with E-state index in [1.54, 1.807) is 22.7 Å². The number of ether oxygens (including phenoxy) is 1. The lowest BCUT2D eigenvalue weighted by Gasteiger charge is -2.20. The molecule has 2 atom stereocenters. The molecule has 3 aromatic rings. The molecule has 1 fully saturated rings. The number of nitrogens with zero attached hydrogens (tertiary/aromatic N) is 2. The quantitative estimate of drug-likeness (QED) is 0.693. The van der Waals surface area contributed by atoms with Gasteiger partial charge in [0.2, 0.25) is 5.91 Å². The molecule has 0 spiro atoms. The summed E-state index contributed by atoms with van der Waals surface area (Å²) in [5.74, 6) is 1.13. The Kier molecular flexibility index (Phi) is 4.68. The van der Waals surface area contributed by atoms with Crippen LogP contribution in [-0.2, 0) is 10.2 Å². The number of aromatic nitrogens is 2. The highest BCUT2D eigenvalue weighted by atomic mass is 32.1. The van der Waals surface area contributed by atoms with Gasteiger partial charge in [-0.15, -0.1) is 22.7 Å². The van der Waals surface area contributed by atoms with Gasteiger partial charge >= 0.3 is 0 Å². The molecule has 1 aliphatic rings. The van der Waals surface area contributed by atoms with Crippen LogP contribution in [0.3, 0.4) is 0 Å². The smallest absolute Gasteiger partial charge is 0.220 e. The molecule has 1 aromatic carbocycles. The average molecular weight is 402 g/mol. The topological polar surface area (TPSA) is 64.1 Å². The van der Waals surface area contributed by atoms with Gasteiger partial charge in [0.1, 0.15) is 11.9 Å². The van der Waals surface area contributed by atoms with Crippen LogP contribution in [-0.4, -0.2) is 28.5 Å². The molecule has 1 aliphatic heterocycles. The standard InChI is InChI=1S/C20H23N3O2S2/c1-11(13-7-17(24)21-8-13)25-15-6-12(5-14-18(15)26-10-23-14)16-9-22-19(27-16)20(2,3)4/h5-6,9-11,13H,7-8H2,1-4H3,(H,21,24)/t11-,13-/m1/s1. The molecule has 7 heteroatoms. The summed E-state index contributed by atoms with van der Waals surface area (Å²) in [5, 5.41) is 4.00. The van der Waals surface area contributed by atoms with Gasteiger partial charge in [0.25, 0.3) is 0 Å². The van der Waals surface area contributed by atoms with Gasteiger partial charge in [-0.3, -0.25) is 4.79 Å². The van der Waals surface area contributed by atoms with E-state index in [2.05, 4.69) is 48.2 Å². The van der Waals surface area contributed by atoms with E-state index in [1.807, 2.05) is 18.6 Å². The minimum absolute atomic E-state index is 0.0313. The van der Waals surface area contributed by atoms with Crippen molar-refractivity contribution >= 4 is 38.8 Å². The van der Waals surface area contributed by atoms with Crippen molar-refractivity contribution in [2.45, 2.75) is 45.6 Å². The molecule has 0 aliphatic carbocycles. The fourth-order valence-corrected chi connectivity index (χ4v) is 4.87. The molecule has 3 heterocycles. The van der Waals surface area contributed by atoms with E-state index in [4.69, 9.17) is 4.74 Å². The van der Waals surface area contributed by atoms with Gasteiger partial charge in [-0.1, -0.05) is 20.8 Å². The SMILES string of the molecule is C[C@@H](Oc1cc(-c2cnc(C(C)(C)C)s2)cc2ncsc12)[C@H]1CNC(=O)C1. The van der Waals surface area contributed by atoms with Crippen LogP contribution in [0.1, 0.15) is 39.1 Å². The first kappa shape index (κ1) is 18.4. The summed E-state index contributed by atoms with van der Waals surface area (Å²) in [5.41, 5.74) is 3.89. The number of carbonyl (C=O) groups excluding carboxylic acids is 1. The van der Waals surface area contributed by atoms with E-state index in [1.165, 1.54) is 0 Å². The number of rotatable bonds is 4. The first-order valence-corrected chi connectivity index (χ1v) is 10.8. The molecule has 27 heavy (non-hydrogen) atoms. The van der Waals surface area contributed by atoms with Crippen molar-refractivity contribution in [3.05, 3.63) is 28.8 Å². The van der Waals surface area contributed by atoms with E-state index < -0.39 is 0 Å². The average Bonchev–Trinajstić information content (AvgIpc) is 3.33. The summed E-state index contributed by atoms with van der Waals surface area (Å²) in [6, 6.07) is 4.19. The van der Waals surface area contributed by atoms with E-state index in [0.717, 1.165) is 31.4 Å². The summed E-state index contributed by atoms with van der Waals surface area (Å²) in [4.78, 5) is 21.7. The number of nitrogens with one attached hydrogen (secondary N) is 1. The van der Waals surface area contributed by atoms with Crippen molar-refractivity contribution in [3.8, 4) is 16.2 Å². The predicted octanol–water partition coefficient (Wildman–Crippen LogP) is 4.62. The lowest BCUT2D eigenvalue weighted by Crippen LogP contribution is -2.25. The Balaban J connectivity index is 1.67. The molecule has 0 saturated carbocycles. The van der Waals surface area contributed by atoms with Crippen LogP contribution in [0.2, 0.25) is 0 Å². The number of benzene rings is 1. The molecule has 0 radical (unpaired) electrons. The zero-order valence-corrected chi connectivity index (χ0v) is 17.5. The Labute approximate surface area is 166 Å². The van der Waals surface area contributed by atoms with Gasteiger partial charge in [0.15, 0.2) is 0 Å². The lowest BCUT2D eigenvalue weighted by molar-refractivity contribution is -0.119. The van der Waals surface area contributed by atoms with Crippen LogP contribution in [0.5, 0.6) is 5.75 Å². The van der Waals surface area contributed by atoms with Crippen LogP contribution in [0.25, 0.3) is 20.7 Å². The Morgan fingerprint density at radius 2 is 2.11 bits per heavy atom. The van der Waals surface area contributed by atoms with Gasteiger partial charge in [0, 0.05) is 30.5 Å². The second-order valence-electron chi connectivity index (χ2n) is 8.05. The zero-order chi connectivity index (χ0) is 19.2. The molecule has 1 N–H and O–H groups in total. The fraction of sp³-hybridized carbons (Fsp3) is 0.450. The summed E-state index contributed by atoms with van der Waals surface area (Å²) < 4.78 is 7.36. The number of carbonyl (C=O) groups is 1. The highest BCUT2D eigenvalue weighted by molar-refractivity contribution is 7.17. The third-order valence-corrected chi connectivity index (χ3v) is 7.14. The van der Waals surface area contributed by atoms with Crippen LogP contribution >= 0.6 is 22.7 Å². The van der Waals surface area contributed by atoms with Crippen LogP contribution in [0, 0.1) is 5.92 Å². The molecular weight excluding hydrogens is 378 g/mol. The van der Waals surface area contributed by atoms with E-state index >= 15 is 0 Å². The van der Waals surface area contributed by atoms with Gasteiger partial charge in [-0.25, -0.2) is 9.97 Å². The molecule has 1 amide bonds. The Morgan fingerprint density at radius 1 is 1.30 bits per heavy atom. The van der Waals surface area contributed by atoms with Gasteiger partial charge in [-0.2, -0.15) is 0 Å². The molecule has 0 unspecified atom stereocenters. The summed E-state index contributed by atoms with van der Waals surface area (Å²) in [6.07, 6.45) is 2.42. The molecule has 142 valence electrons. The Morgan fingerprint density at radius 3 is 2.78 bits per heavy atom. The molecule has 2 aromatic heterocycles. The fourth-order valence-electron chi connectivity index (χ4n) is 3.18. The molecule has 1 saturated heterocycles. The molecule has 5 nitrogen and oxygen atoms in total. The maximum atomic E-state index is 11.5. The molecule has 0 bridgehead atoms. The number of thiazole rings is 2. The maximum Gasteiger partial charge on any atom is 0.220 e. The zero-order valence-electron chi connectivity index (χ0n) is 15.9. The van der Waals surface area contributed by atoms with Crippen molar-refractivity contribution in [2.75, 3.05) is 6.54 Å². The highest BCUT2D eigenvalue weighted by Gasteiger charge is 2.28. The van der Waals surface area contributed by atoms with Gasteiger partial charge in [-0.05, 0) is 24.6 Å². The monoisotopic (exact) mass is 401 g/mol. The number of hydrogen-bond acceptors (Lipinski definition) is 6. The second kappa shape index (κ2) is 6.87. The maximum absolute atomic E-state index is 11.5. The summed E-state index contributed by atoms with van der Waals surface area (Å²) in [6.45, 7) is 9.23. The largest absolute Gasteiger partial charge is 0.489 e. The number of hydrogen-bond donors (Lipinski definition) is 1. The van der Waals surface area contributed by atoms with Crippen LogP contribution < -0.4 is 10.1 Å². The van der Waals surface area contributed by atoms with E-state index in [9.17, 15) is 4.79 Å². The normalized spacial score (nSPS) is 18.7. The predicted molar refractivity (Wildman–Crippen MR) is 111 cm³/mol. The highest BCUT2D eigenvalue weighted by Crippen LogP contribution is 2.39. The third-order valence-electron chi connectivity index (χ3n) is 4.82. The van der Waals surface area contributed by atoms with Crippen LogP contribution in [0.15, 0.2) is 23.8 Å². The second-order valence-corrected chi connectivity index (χ2v) is 9.93. The van der Waals surface area contributed by atoms with Crippen molar-refractivity contribution in [1.29, 1.82) is 0 Å².